The van der Waals surface area contributed by atoms with Crippen LogP contribution in [-0.2, 0) is 18.4 Å². The summed E-state index contributed by atoms with van der Waals surface area (Å²) in [7, 11) is 3.50. The number of fused-ring (bicyclic) bond motifs is 4. The normalized spacial score (nSPS) is 11.6. The van der Waals surface area contributed by atoms with Gasteiger partial charge in [-0.2, -0.15) is 13.2 Å². The molecule has 32 heavy (non-hydrogen) atoms. The van der Waals surface area contributed by atoms with E-state index < -0.39 is 12.1 Å². The zero-order valence-electron chi connectivity index (χ0n) is 17.3. The van der Waals surface area contributed by atoms with Crippen LogP contribution in [0.25, 0.3) is 32.7 Å². The largest absolute Gasteiger partial charge is 0.497 e. The Bertz CT molecular complexity index is 1360. The Morgan fingerprint density at radius 1 is 1.22 bits per heavy atom. The average Bonchev–Trinajstić information content (AvgIpc) is 3.14. The maximum absolute atomic E-state index is 13.0. The monoisotopic (exact) mass is 450 g/mol. The van der Waals surface area contributed by atoms with E-state index >= 15 is 0 Å². The highest BCUT2D eigenvalue weighted by atomic mass is 19.4. The topological polar surface area (TPSA) is 112 Å². The van der Waals surface area contributed by atoms with Gasteiger partial charge in [0.1, 0.15) is 16.8 Å². The minimum atomic E-state index is -5.08. The van der Waals surface area contributed by atoms with Crippen molar-refractivity contribution >= 4 is 38.7 Å². The lowest BCUT2D eigenvalue weighted by Crippen LogP contribution is -2.23. The number of aliphatic carboxylic acids is 1. The van der Waals surface area contributed by atoms with Crippen molar-refractivity contribution in [3.8, 4) is 5.75 Å². The number of ether oxygens (including phenoxy) is 1. The summed E-state index contributed by atoms with van der Waals surface area (Å²) in [6, 6.07) is 10.1. The summed E-state index contributed by atoms with van der Waals surface area (Å²) in [4.78, 5) is 26.4. The van der Waals surface area contributed by atoms with E-state index in [0.717, 1.165) is 39.4 Å². The molecule has 0 amide bonds. The molecule has 2 aromatic carbocycles. The Hall–Kier alpha value is -3.60. The number of nitrogens with two attached hydrogens (primary N) is 1. The highest BCUT2D eigenvalue weighted by Crippen LogP contribution is 2.29. The lowest BCUT2D eigenvalue weighted by molar-refractivity contribution is -0.192. The first-order chi connectivity index (χ1) is 15.1. The van der Waals surface area contributed by atoms with E-state index in [0.29, 0.717) is 18.6 Å². The van der Waals surface area contributed by atoms with Gasteiger partial charge in [-0.1, -0.05) is 6.07 Å². The molecule has 3 N–H and O–H groups in total. The van der Waals surface area contributed by atoms with Crippen LogP contribution in [0.15, 0.2) is 41.5 Å². The maximum atomic E-state index is 13.0. The summed E-state index contributed by atoms with van der Waals surface area (Å²) in [5.74, 6) is -1.95. The number of pyridine rings is 1. The van der Waals surface area contributed by atoms with Gasteiger partial charge in [-0.05, 0) is 48.0 Å². The number of hydrogen-bond donors (Lipinski definition) is 2. The molecule has 11 heteroatoms. The maximum Gasteiger partial charge on any atom is 0.490 e. The number of hydrogen-bond acceptors (Lipinski definition) is 5. The molecule has 0 radical (unpaired) electrons. The van der Waals surface area contributed by atoms with Crippen LogP contribution in [0.3, 0.4) is 0 Å². The van der Waals surface area contributed by atoms with E-state index in [1.165, 1.54) is 0 Å². The van der Waals surface area contributed by atoms with Crippen molar-refractivity contribution in [2.24, 2.45) is 12.8 Å². The fraction of sp³-hybridized carbons (Fsp3) is 0.286. The Morgan fingerprint density at radius 2 is 1.91 bits per heavy atom. The molecular formula is C21H21F3N4O4. The highest BCUT2D eigenvalue weighted by molar-refractivity contribution is 6.08. The SMILES string of the molecule is COc1ccc2cc3c(cc2c1)c1ncn(C)c1c(=O)n3CCCN.O=C(O)C(F)(F)F. The standard InChI is InChI=1S/C19H20N4O2.C2HF3O2/c1-22-11-21-17-15-9-13-8-14(25-2)5-4-12(13)10-16(15)23(7-3-6-20)19(24)18(17)22;3-2(4,5)1(6)7/h4-5,8-11H,3,6-7,20H2,1-2H3;(H,6,7). The number of imidazole rings is 1. The third-order valence-corrected chi connectivity index (χ3v) is 4.92. The molecule has 0 atom stereocenters. The van der Waals surface area contributed by atoms with Crippen molar-refractivity contribution < 1.29 is 27.8 Å². The number of aryl methyl sites for hydroxylation is 2. The predicted molar refractivity (Wildman–Crippen MR) is 114 cm³/mol. The molecule has 0 saturated heterocycles. The molecule has 0 aliphatic rings. The van der Waals surface area contributed by atoms with Crippen LogP contribution in [0.1, 0.15) is 6.42 Å². The highest BCUT2D eigenvalue weighted by Gasteiger charge is 2.38. The second kappa shape index (κ2) is 8.87. The van der Waals surface area contributed by atoms with Gasteiger partial charge in [-0.15, -0.1) is 0 Å². The lowest BCUT2D eigenvalue weighted by atomic mass is 10.0. The quantitative estimate of drug-likeness (QED) is 0.462. The molecular weight excluding hydrogens is 429 g/mol. The van der Waals surface area contributed by atoms with Crippen LogP contribution < -0.4 is 16.0 Å². The summed E-state index contributed by atoms with van der Waals surface area (Å²) in [6.45, 7) is 1.14. The molecule has 0 unspecified atom stereocenters. The van der Waals surface area contributed by atoms with Gasteiger partial charge in [0.15, 0.2) is 0 Å². The van der Waals surface area contributed by atoms with Gasteiger partial charge in [0, 0.05) is 19.0 Å². The van der Waals surface area contributed by atoms with Crippen molar-refractivity contribution in [3.05, 3.63) is 47.0 Å². The van der Waals surface area contributed by atoms with E-state index in [-0.39, 0.29) is 5.56 Å². The van der Waals surface area contributed by atoms with Gasteiger partial charge < -0.3 is 24.7 Å². The third-order valence-electron chi connectivity index (χ3n) is 4.92. The third kappa shape index (κ3) is 4.37. The van der Waals surface area contributed by atoms with Crippen molar-refractivity contribution in [1.29, 1.82) is 0 Å². The minimum absolute atomic E-state index is 0.0242. The predicted octanol–water partition coefficient (Wildman–Crippen LogP) is 3.03. The second-order valence-electron chi connectivity index (χ2n) is 7.04. The summed E-state index contributed by atoms with van der Waals surface area (Å²) in [5.41, 5.74) is 7.89. The number of alkyl halides is 3. The van der Waals surface area contributed by atoms with Gasteiger partial charge in [0.05, 0.1) is 19.0 Å². The van der Waals surface area contributed by atoms with E-state index in [1.807, 2.05) is 29.8 Å². The fourth-order valence-corrected chi connectivity index (χ4v) is 3.39. The smallest absolute Gasteiger partial charge is 0.490 e. The molecule has 2 heterocycles. The number of halogens is 3. The fourth-order valence-electron chi connectivity index (χ4n) is 3.39. The van der Waals surface area contributed by atoms with Gasteiger partial charge in [-0.25, -0.2) is 9.78 Å². The van der Waals surface area contributed by atoms with Gasteiger partial charge in [0.2, 0.25) is 0 Å². The molecule has 0 aliphatic heterocycles. The number of nitrogens with zero attached hydrogens (tertiary/aromatic N) is 3. The molecule has 4 rings (SSSR count). The van der Waals surface area contributed by atoms with Gasteiger partial charge >= 0.3 is 12.1 Å². The molecule has 170 valence electrons. The lowest BCUT2D eigenvalue weighted by Gasteiger charge is -2.13. The number of aromatic nitrogens is 3. The second-order valence-corrected chi connectivity index (χ2v) is 7.04. The number of carboxylic acid groups (broad SMARTS) is 1. The zero-order chi connectivity index (χ0) is 23.6. The summed E-state index contributed by atoms with van der Waals surface area (Å²) >= 11 is 0. The Balaban J connectivity index is 0.000000360. The first-order valence-electron chi connectivity index (χ1n) is 9.54. The van der Waals surface area contributed by atoms with E-state index in [1.54, 1.807) is 18.0 Å². The van der Waals surface area contributed by atoms with Crippen LogP contribution in [-0.4, -0.2) is 45.0 Å². The Labute approximate surface area is 179 Å². The van der Waals surface area contributed by atoms with E-state index in [2.05, 4.69) is 17.1 Å². The number of carbonyl (C=O) groups is 1. The molecule has 4 aromatic rings. The van der Waals surface area contributed by atoms with Crippen LogP contribution in [0.5, 0.6) is 5.75 Å². The molecule has 0 fully saturated rings. The first-order valence-corrected chi connectivity index (χ1v) is 9.54. The van der Waals surface area contributed by atoms with Crippen LogP contribution in [0.2, 0.25) is 0 Å². The number of rotatable bonds is 4. The van der Waals surface area contributed by atoms with Crippen molar-refractivity contribution in [2.45, 2.75) is 19.1 Å². The molecule has 8 nitrogen and oxygen atoms in total. The average molecular weight is 450 g/mol. The van der Waals surface area contributed by atoms with Crippen LogP contribution in [0.4, 0.5) is 13.2 Å². The van der Waals surface area contributed by atoms with E-state index in [4.69, 9.17) is 20.4 Å². The summed E-state index contributed by atoms with van der Waals surface area (Å²) < 4.78 is 40.7. The Morgan fingerprint density at radius 3 is 2.50 bits per heavy atom. The zero-order valence-corrected chi connectivity index (χ0v) is 17.3. The minimum Gasteiger partial charge on any atom is -0.497 e. The Kier molecular flexibility index (Phi) is 6.40. The van der Waals surface area contributed by atoms with Crippen molar-refractivity contribution in [2.75, 3.05) is 13.7 Å². The number of carboxylic acids is 1. The molecule has 0 spiro atoms. The molecule has 2 aromatic heterocycles. The first kappa shape index (κ1) is 23.1. The molecule has 0 aliphatic carbocycles. The van der Waals surface area contributed by atoms with Gasteiger partial charge in [-0.3, -0.25) is 4.79 Å². The summed E-state index contributed by atoms with van der Waals surface area (Å²) in [6.07, 6.45) is -2.65. The number of methoxy groups -OCH3 is 1. The van der Waals surface area contributed by atoms with Crippen LogP contribution in [0, 0.1) is 0 Å². The molecule has 0 saturated carbocycles. The number of benzene rings is 2. The van der Waals surface area contributed by atoms with Gasteiger partial charge in [0.25, 0.3) is 5.56 Å². The van der Waals surface area contributed by atoms with E-state index in [9.17, 15) is 18.0 Å². The van der Waals surface area contributed by atoms with Crippen molar-refractivity contribution in [3.63, 3.8) is 0 Å². The van der Waals surface area contributed by atoms with Crippen LogP contribution >= 0.6 is 0 Å². The molecule has 0 bridgehead atoms. The van der Waals surface area contributed by atoms with Crippen molar-refractivity contribution in [1.82, 2.24) is 14.1 Å². The summed E-state index contributed by atoms with van der Waals surface area (Å²) in [5, 5.41) is 10.2.